The molecule has 0 aliphatic carbocycles. The summed E-state index contributed by atoms with van der Waals surface area (Å²) in [7, 11) is 0. The molecule has 5 nitrogen and oxygen atoms in total. The number of ketones is 1. The number of amides is 1. The van der Waals surface area contributed by atoms with Crippen LogP contribution in [0.5, 0.6) is 0 Å². The molecule has 1 amide bonds. The molecule has 1 unspecified atom stereocenters. The van der Waals surface area contributed by atoms with Crippen molar-refractivity contribution < 1.29 is 14.3 Å². The fourth-order valence-electron chi connectivity index (χ4n) is 5.21. The normalized spacial score (nSPS) is 27.9. The number of carbonyl (C=O) groups excluding carboxylic acids is 2. The molecule has 1 spiro atoms. The molecule has 0 saturated carbocycles. The van der Waals surface area contributed by atoms with Crippen LogP contribution in [0.4, 0.5) is 5.69 Å². The highest BCUT2D eigenvalue weighted by atomic mass is 32.2. The number of Topliss-reactive ketones (excluding diaryl/α,β-unsaturated/α-hetero) is 1. The van der Waals surface area contributed by atoms with Gasteiger partial charge in [-0.2, -0.15) is 0 Å². The summed E-state index contributed by atoms with van der Waals surface area (Å²) in [5, 5.41) is 0. The van der Waals surface area contributed by atoms with Gasteiger partial charge in [-0.25, -0.2) is 4.31 Å². The summed E-state index contributed by atoms with van der Waals surface area (Å²) in [4.78, 5) is 30.2. The van der Waals surface area contributed by atoms with Crippen LogP contribution in [0, 0.1) is 23.2 Å². The maximum absolute atomic E-state index is 13.9. The highest BCUT2D eigenvalue weighted by Gasteiger charge is 2.63. The third-order valence-electron chi connectivity index (χ3n) is 6.27. The van der Waals surface area contributed by atoms with Crippen molar-refractivity contribution in [2.45, 2.75) is 57.5 Å². The Hall–Kier alpha value is -1.81. The second-order valence-corrected chi connectivity index (χ2v) is 11.2. The predicted octanol–water partition coefficient (Wildman–Crippen LogP) is 4.01. The summed E-state index contributed by atoms with van der Waals surface area (Å²) in [6.45, 7) is 10.6. The van der Waals surface area contributed by atoms with Gasteiger partial charge in [0.25, 0.3) is 5.91 Å². The Morgan fingerprint density at radius 2 is 1.87 bits per heavy atom. The van der Waals surface area contributed by atoms with Gasteiger partial charge in [0.2, 0.25) is 5.60 Å². The lowest BCUT2D eigenvalue weighted by Gasteiger charge is -2.32. The lowest BCUT2D eigenvalue weighted by Crippen LogP contribution is -2.51. The van der Waals surface area contributed by atoms with E-state index in [0.29, 0.717) is 24.3 Å². The fourth-order valence-corrected chi connectivity index (χ4v) is 6.25. The highest BCUT2D eigenvalue weighted by molar-refractivity contribution is 7.97. The number of fused-ring (bicyclic) bond motifs is 2. The lowest BCUT2D eigenvalue weighted by atomic mass is 9.69. The minimum atomic E-state index is -1.62. The zero-order valence-corrected chi connectivity index (χ0v) is 19.1. The third-order valence-corrected chi connectivity index (χ3v) is 7.36. The first kappa shape index (κ1) is 21.4. The standard InChI is InChI=1S/C24H30N2O3S/c1-6-11-26-19-10-9-17(30-25-12-7-8-13-25)14-18(19)24(21(26)28)20(27)23(4,5)15-22(2,3)16-29-24/h1,9-10,14H,7-8,11-13,15-16H2,2-5H3. The number of terminal acetylenes is 1. The first-order chi connectivity index (χ1) is 14.1. The number of nitrogens with zero attached hydrogens (tertiary/aromatic N) is 2. The van der Waals surface area contributed by atoms with Gasteiger partial charge in [0, 0.05) is 29.0 Å². The second kappa shape index (κ2) is 7.40. The van der Waals surface area contributed by atoms with Gasteiger partial charge < -0.3 is 4.74 Å². The first-order valence-electron chi connectivity index (χ1n) is 10.6. The molecule has 0 bridgehead atoms. The highest BCUT2D eigenvalue weighted by Crippen LogP contribution is 2.52. The summed E-state index contributed by atoms with van der Waals surface area (Å²) in [5.74, 6) is 2.04. The number of hydrogen-bond donors (Lipinski definition) is 0. The molecule has 6 heteroatoms. The van der Waals surface area contributed by atoms with Crippen LogP contribution in [-0.4, -0.2) is 42.2 Å². The van der Waals surface area contributed by atoms with Gasteiger partial charge >= 0.3 is 0 Å². The smallest absolute Gasteiger partial charge is 0.272 e. The Labute approximate surface area is 183 Å². The van der Waals surface area contributed by atoms with Gasteiger partial charge in [-0.3, -0.25) is 14.5 Å². The van der Waals surface area contributed by atoms with Gasteiger partial charge in [0.05, 0.1) is 18.8 Å². The van der Waals surface area contributed by atoms with E-state index in [0.717, 1.165) is 18.0 Å². The Morgan fingerprint density at radius 3 is 2.53 bits per heavy atom. The fraction of sp³-hybridized carbons (Fsp3) is 0.583. The minimum absolute atomic E-state index is 0.118. The van der Waals surface area contributed by atoms with Crippen molar-refractivity contribution in [2.75, 3.05) is 31.1 Å². The van der Waals surface area contributed by atoms with Crippen LogP contribution in [0.15, 0.2) is 23.1 Å². The van der Waals surface area contributed by atoms with E-state index >= 15 is 0 Å². The molecule has 4 rings (SSSR count). The van der Waals surface area contributed by atoms with Crippen LogP contribution < -0.4 is 4.90 Å². The van der Waals surface area contributed by atoms with Crippen molar-refractivity contribution in [1.29, 1.82) is 0 Å². The van der Waals surface area contributed by atoms with Gasteiger partial charge in [-0.05, 0) is 54.8 Å². The maximum atomic E-state index is 13.9. The molecule has 0 radical (unpaired) electrons. The van der Waals surface area contributed by atoms with Gasteiger partial charge in [0.1, 0.15) is 0 Å². The Bertz CT molecular complexity index is 927. The molecule has 30 heavy (non-hydrogen) atoms. The summed E-state index contributed by atoms with van der Waals surface area (Å²) < 4.78 is 8.65. The molecule has 2 saturated heterocycles. The summed E-state index contributed by atoms with van der Waals surface area (Å²) in [6, 6.07) is 5.89. The van der Waals surface area contributed by atoms with E-state index in [1.54, 1.807) is 11.9 Å². The maximum Gasteiger partial charge on any atom is 0.272 e. The molecule has 3 heterocycles. The molecular formula is C24H30N2O3S. The topological polar surface area (TPSA) is 49.9 Å². The average molecular weight is 427 g/mol. The second-order valence-electron chi connectivity index (χ2n) is 10.0. The minimum Gasteiger partial charge on any atom is -0.353 e. The number of benzene rings is 1. The summed E-state index contributed by atoms with van der Waals surface area (Å²) in [5.41, 5.74) is -1.21. The quantitative estimate of drug-likeness (QED) is 0.415. The molecule has 2 fully saturated rings. The molecule has 0 aromatic heterocycles. The van der Waals surface area contributed by atoms with Gasteiger partial charge in [-0.1, -0.05) is 33.6 Å². The summed E-state index contributed by atoms with van der Waals surface area (Å²) in [6.07, 6.45) is 8.61. The van der Waals surface area contributed by atoms with E-state index < -0.39 is 11.0 Å². The molecular weight excluding hydrogens is 396 g/mol. The van der Waals surface area contributed by atoms with Crippen molar-refractivity contribution in [3.63, 3.8) is 0 Å². The molecule has 1 aromatic rings. The molecule has 160 valence electrons. The Kier molecular flexibility index (Phi) is 5.29. The van der Waals surface area contributed by atoms with Crippen LogP contribution in [0.1, 0.15) is 52.5 Å². The van der Waals surface area contributed by atoms with Crippen LogP contribution >= 0.6 is 11.9 Å². The zero-order valence-electron chi connectivity index (χ0n) is 18.3. The largest absolute Gasteiger partial charge is 0.353 e. The van der Waals surface area contributed by atoms with Gasteiger partial charge in [0.15, 0.2) is 5.78 Å². The van der Waals surface area contributed by atoms with E-state index in [2.05, 4.69) is 24.1 Å². The molecule has 1 atom stereocenters. The van der Waals surface area contributed by atoms with Crippen LogP contribution in [-0.2, 0) is 19.9 Å². The molecule has 0 N–H and O–H groups in total. The van der Waals surface area contributed by atoms with Crippen molar-refractivity contribution in [3.8, 4) is 12.3 Å². The SMILES string of the molecule is C#CCN1C(=O)C2(OCC(C)(C)CC(C)(C)C2=O)c2cc(SN3CCCC3)ccc21. The first-order valence-corrected chi connectivity index (χ1v) is 11.4. The van der Waals surface area contributed by atoms with Crippen molar-refractivity contribution in [1.82, 2.24) is 4.31 Å². The van der Waals surface area contributed by atoms with Crippen LogP contribution in [0.3, 0.4) is 0 Å². The van der Waals surface area contributed by atoms with Crippen LogP contribution in [0.2, 0.25) is 0 Å². The molecule has 3 aliphatic rings. The molecule has 3 aliphatic heterocycles. The molecule has 1 aromatic carbocycles. The number of ether oxygens (including phenoxy) is 1. The van der Waals surface area contributed by atoms with Gasteiger partial charge in [-0.15, -0.1) is 6.42 Å². The number of hydrogen-bond acceptors (Lipinski definition) is 5. The summed E-state index contributed by atoms with van der Waals surface area (Å²) >= 11 is 1.68. The van der Waals surface area contributed by atoms with E-state index in [9.17, 15) is 9.59 Å². The van der Waals surface area contributed by atoms with E-state index in [-0.39, 0.29) is 23.7 Å². The predicted molar refractivity (Wildman–Crippen MR) is 119 cm³/mol. The monoisotopic (exact) mass is 426 g/mol. The van der Waals surface area contributed by atoms with E-state index in [1.165, 1.54) is 17.7 Å². The zero-order chi connectivity index (χ0) is 21.7. The third kappa shape index (κ3) is 3.37. The Balaban J connectivity index is 1.84. The number of rotatable bonds is 3. The van der Waals surface area contributed by atoms with Crippen molar-refractivity contribution >= 4 is 29.3 Å². The van der Waals surface area contributed by atoms with E-state index in [1.807, 2.05) is 32.0 Å². The Morgan fingerprint density at radius 1 is 1.17 bits per heavy atom. The van der Waals surface area contributed by atoms with Crippen molar-refractivity contribution in [2.24, 2.45) is 10.8 Å². The van der Waals surface area contributed by atoms with E-state index in [4.69, 9.17) is 11.2 Å². The lowest BCUT2D eigenvalue weighted by molar-refractivity contribution is -0.161. The number of carbonyl (C=O) groups is 2. The van der Waals surface area contributed by atoms with Crippen LogP contribution in [0.25, 0.3) is 0 Å². The average Bonchev–Trinajstić information content (AvgIpc) is 3.23. The number of anilines is 1. The van der Waals surface area contributed by atoms with Crippen molar-refractivity contribution in [3.05, 3.63) is 23.8 Å².